The maximum absolute atomic E-state index is 12.8. The molecule has 9 nitrogen and oxygen atoms in total. The molecule has 10 heteroatoms. The van der Waals surface area contributed by atoms with Gasteiger partial charge in [-0.3, -0.25) is 14.4 Å². The maximum atomic E-state index is 12.8. The van der Waals surface area contributed by atoms with Crippen molar-refractivity contribution in [1.82, 2.24) is 19.6 Å². The van der Waals surface area contributed by atoms with Gasteiger partial charge in [0.25, 0.3) is 17.4 Å². The minimum Gasteiger partial charge on any atom is -0.451 e. The van der Waals surface area contributed by atoms with Gasteiger partial charge in [-0.1, -0.05) is 31.2 Å². The molecule has 3 aromatic rings. The molecule has 1 aliphatic heterocycles. The van der Waals surface area contributed by atoms with Crippen LogP contribution >= 0.6 is 11.3 Å². The second-order valence-electron chi connectivity index (χ2n) is 7.65. The Balaban J connectivity index is 1.39. The molecule has 1 fully saturated rings. The Morgan fingerprint density at radius 1 is 1.00 bits per heavy atom. The van der Waals surface area contributed by atoms with Crippen molar-refractivity contribution < 1.29 is 19.1 Å². The van der Waals surface area contributed by atoms with Crippen molar-refractivity contribution in [2.24, 2.45) is 0 Å². The van der Waals surface area contributed by atoms with E-state index in [1.807, 2.05) is 18.4 Å². The van der Waals surface area contributed by atoms with Crippen LogP contribution in [0.5, 0.6) is 0 Å². The zero-order valence-corrected chi connectivity index (χ0v) is 19.0. The van der Waals surface area contributed by atoms with E-state index < -0.39 is 12.6 Å². The SMILES string of the molecule is CCCn1nc(C(=O)OCC(=O)N2CCN(C(=O)c3cccs3)CC2)c2ccccc2c1=O. The second kappa shape index (κ2) is 9.95. The lowest BCUT2D eigenvalue weighted by Gasteiger charge is -2.34. The highest BCUT2D eigenvalue weighted by Crippen LogP contribution is 2.16. The van der Waals surface area contributed by atoms with Gasteiger partial charge in [0.2, 0.25) is 0 Å². The van der Waals surface area contributed by atoms with E-state index in [1.165, 1.54) is 16.0 Å². The lowest BCUT2D eigenvalue weighted by atomic mass is 10.1. The van der Waals surface area contributed by atoms with E-state index in [9.17, 15) is 19.2 Å². The number of fused-ring (bicyclic) bond motifs is 1. The fourth-order valence-electron chi connectivity index (χ4n) is 3.75. The van der Waals surface area contributed by atoms with E-state index in [4.69, 9.17) is 4.74 Å². The van der Waals surface area contributed by atoms with E-state index in [0.29, 0.717) is 54.8 Å². The van der Waals surface area contributed by atoms with Crippen molar-refractivity contribution in [1.29, 1.82) is 0 Å². The third-order valence-corrected chi connectivity index (χ3v) is 6.33. The van der Waals surface area contributed by atoms with Crippen LogP contribution in [-0.2, 0) is 16.1 Å². The lowest BCUT2D eigenvalue weighted by molar-refractivity contribution is -0.136. The van der Waals surface area contributed by atoms with Crippen molar-refractivity contribution >= 4 is 39.9 Å². The summed E-state index contributed by atoms with van der Waals surface area (Å²) in [6.45, 7) is 3.44. The Morgan fingerprint density at radius 2 is 1.70 bits per heavy atom. The maximum Gasteiger partial charge on any atom is 0.359 e. The summed E-state index contributed by atoms with van der Waals surface area (Å²) in [7, 11) is 0. The number of thiophene rings is 1. The minimum atomic E-state index is -0.754. The zero-order valence-electron chi connectivity index (χ0n) is 18.2. The molecule has 1 aromatic carbocycles. The number of carbonyl (C=O) groups is 3. The van der Waals surface area contributed by atoms with Crippen molar-refractivity contribution in [2.45, 2.75) is 19.9 Å². The molecule has 2 aromatic heterocycles. The second-order valence-corrected chi connectivity index (χ2v) is 8.60. The third kappa shape index (κ3) is 4.80. The summed E-state index contributed by atoms with van der Waals surface area (Å²) in [5.74, 6) is -1.13. The Hall–Kier alpha value is -3.53. The molecule has 0 radical (unpaired) electrons. The van der Waals surface area contributed by atoms with Gasteiger partial charge in [-0.05, 0) is 23.9 Å². The van der Waals surface area contributed by atoms with Crippen molar-refractivity contribution in [3.05, 3.63) is 62.7 Å². The van der Waals surface area contributed by atoms with Gasteiger partial charge in [0.05, 0.1) is 10.3 Å². The molecule has 0 aliphatic carbocycles. The number of benzene rings is 1. The highest BCUT2D eigenvalue weighted by atomic mass is 32.1. The van der Waals surface area contributed by atoms with E-state index in [1.54, 1.807) is 40.1 Å². The van der Waals surface area contributed by atoms with Gasteiger partial charge >= 0.3 is 5.97 Å². The number of aromatic nitrogens is 2. The molecule has 33 heavy (non-hydrogen) atoms. The largest absolute Gasteiger partial charge is 0.451 e. The Labute approximate surface area is 194 Å². The first kappa shape index (κ1) is 22.7. The van der Waals surface area contributed by atoms with Crippen molar-refractivity contribution in [3.8, 4) is 0 Å². The average molecular weight is 469 g/mol. The molecule has 4 rings (SSSR count). The molecule has 3 heterocycles. The van der Waals surface area contributed by atoms with Crippen LogP contribution < -0.4 is 5.56 Å². The van der Waals surface area contributed by atoms with Gasteiger partial charge in [0, 0.05) is 38.1 Å². The summed E-state index contributed by atoms with van der Waals surface area (Å²) in [4.78, 5) is 54.4. The average Bonchev–Trinajstić information content (AvgIpc) is 3.39. The fourth-order valence-corrected chi connectivity index (χ4v) is 4.44. The molecule has 0 N–H and O–H groups in total. The van der Waals surface area contributed by atoms with Gasteiger partial charge < -0.3 is 14.5 Å². The van der Waals surface area contributed by atoms with Crippen LogP contribution in [0.4, 0.5) is 0 Å². The standard InChI is InChI=1S/C23H24N4O5S/c1-2-9-27-21(29)17-7-4-3-6-16(17)20(24-27)23(31)32-15-19(28)25-10-12-26(13-11-25)22(30)18-8-5-14-33-18/h3-8,14H,2,9-13,15H2,1H3. The minimum absolute atomic E-state index is 0.0119. The summed E-state index contributed by atoms with van der Waals surface area (Å²) in [6, 6.07) is 10.3. The molecule has 0 unspecified atom stereocenters. The Morgan fingerprint density at radius 3 is 2.36 bits per heavy atom. The van der Waals surface area contributed by atoms with Crippen LogP contribution in [0.3, 0.4) is 0 Å². The highest BCUT2D eigenvalue weighted by Gasteiger charge is 2.26. The third-order valence-electron chi connectivity index (χ3n) is 5.47. The number of hydrogen-bond donors (Lipinski definition) is 0. The van der Waals surface area contributed by atoms with Crippen LogP contribution in [-0.4, -0.2) is 70.1 Å². The highest BCUT2D eigenvalue weighted by molar-refractivity contribution is 7.12. The van der Waals surface area contributed by atoms with Crippen LogP contribution in [0.15, 0.2) is 46.6 Å². The molecule has 0 saturated carbocycles. The van der Waals surface area contributed by atoms with E-state index in [0.717, 1.165) is 0 Å². The number of rotatable bonds is 6. The number of nitrogens with zero attached hydrogens (tertiary/aromatic N) is 4. The van der Waals surface area contributed by atoms with Gasteiger partial charge in [-0.15, -0.1) is 11.3 Å². The predicted molar refractivity (Wildman–Crippen MR) is 123 cm³/mol. The quantitative estimate of drug-likeness (QED) is 0.513. The number of piperazine rings is 1. The number of aryl methyl sites for hydroxylation is 1. The molecule has 0 bridgehead atoms. The summed E-state index contributed by atoms with van der Waals surface area (Å²) >= 11 is 1.39. The van der Waals surface area contributed by atoms with E-state index >= 15 is 0 Å². The van der Waals surface area contributed by atoms with Crippen LogP contribution in [0.1, 0.15) is 33.5 Å². The van der Waals surface area contributed by atoms with E-state index in [2.05, 4.69) is 5.10 Å². The Kier molecular flexibility index (Phi) is 6.83. The molecule has 0 atom stereocenters. The molecule has 2 amide bonds. The number of hydrogen-bond acceptors (Lipinski definition) is 7. The normalized spacial score (nSPS) is 13.8. The number of ether oxygens (including phenoxy) is 1. The molecule has 0 spiro atoms. The zero-order chi connectivity index (χ0) is 23.4. The smallest absolute Gasteiger partial charge is 0.359 e. The van der Waals surface area contributed by atoms with Gasteiger partial charge in [-0.25, -0.2) is 9.48 Å². The Bertz CT molecular complexity index is 1230. The number of amides is 2. The summed E-state index contributed by atoms with van der Waals surface area (Å²) < 4.78 is 6.53. The molecular weight excluding hydrogens is 444 g/mol. The first-order valence-electron chi connectivity index (χ1n) is 10.8. The van der Waals surface area contributed by atoms with Crippen LogP contribution in [0.2, 0.25) is 0 Å². The number of carbonyl (C=O) groups excluding carboxylic acids is 3. The summed E-state index contributed by atoms with van der Waals surface area (Å²) in [5, 5.41) is 6.83. The first-order valence-corrected chi connectivity index (χ1v) is 11.6. The molecule has 1 saturated heterocycles. The first-order chi connectivity index (χ1) is 16.0. The van der Waals surface area contributed by atoms with Gasteiger partial charge in [0.15, 0.2) is 12.3 Å². The van der Waals surface area contributed by atoms with Crippen LogP contribution in [0, 0.1) is 0 Å². The topological polar surface area (TPSA) is 102 Å². The summed E-state index contributed by atoms with van der Waals surface area (Å²) in [5.41, 5.74) is -0.257. The van der Waals surface area contributed by atoms with Crippen LogP contribution in [0.25, 0.3) is 10.8 Å². The monoisotopic (exact) mass is 468 g/mol. The predicted octanol–water partition coefficient (Wildman–Crippen LogP) is 2.01. The molecule has 172 valence electrons. The van der Waals surface area contributed by atoms with E-state index in [-0.39, 0.29) is 23.1 Å². The van der Waals surface area contributed by atoms with Crippen molar-refractivity contribution in [3.63, 3.8) is 0 Å². The van der Waals surface area contributed by atoms with Gasteiger partial charge in [0.1, 0.15) is 0 Å². The lowest BCUT2D eigenvalue weighted by Crippen LogP contribution is -2.51. The summed E-state index contributed by atoms with van der Waals surface area (Å²) in [6.07, 6.45) is 0.680. The fraction of sp³-hybridized carbons (Fsp3) is 0.348. The van der Waals surface area contributed by atoms with Gasteiger partial charge in [-0.2, -0.15) is 5.10 Å². The van der Waals surface area contributed by atoms with Crippen molar-refractivity contribution in [2.75, 3.05) is 32.8 Å². The molecular formula is C23H24N4O5S. The molecule has 1 aliphatic rings. The number of esters is 1.